The number of thiophene rings is 2. The first kappa shape index (κ1) is 40.6. The Labute approximate surface area is 326 Å². The van der Waals surface area contributed by atoms with E-state index in [0.29, 0.717) is 0 Å². The van der Waals surface area contributed by atoms with Crippen LogP contribution in [0, 0.1) is 23.8 Å². The zero-order chi connectivity index (χ0) is 36.4. The van der Waals surface area contributed by atoms with Gasteiger partial charge in [0, 0.05) is 74.1 Å². The predicted octanol–water partition coefficient (Wildman–Crippen LogP) is 14.1. The first-order chi connectivity index (χ1) is 23.7. The Hall–Kier alpha value is -3.15. The summed E-state index contributed by atoms with van der Waals surface area (Å²) in [4.78, 5) is 18.3. The van der Waals surface area contributed by atoms with Crippen molar-refractivity contribution in [1.29, 1.82) is 0 Å². The van der Waals surface area contributed by atoms with Gasteiger partial charge in [-0.15, -0.1) is 51.8 Å². The van der Waals surface area contributed by atoms with Crippen LogP contribution in [0.4, 0.5) is 0 Å². The van der Waals surface area contributed by atoms with E-state index < -0.39 is 0 Å². The largest absolute Gasteiger partial charge is 0.512 e. The van der Waals surface area contributed by atoms with Crippen molar-refractivity contribution in [3.8, 4) is 21.7 Å². The van der Waals surface area contributed by atoms with Gasteiger partial charge in [-0.3, -0.25) is 9.78 Å². The molecule has 6 aromatic rings. The molecule has 0 atom stereocenters. The summed E-state index contributed by atoms with van der Waals surface area (Å²) in [5, 5.41) is 17.4. The minimum Gasteiger partial charge on any atom is -0.512 e. The first-order valence-electron chi connectivity index (χ1n) is 18.0. The van der Waals surface area contributed by atoms with E-state index >= 15 is 0 Å². The second-order valence-electron chi connectivity index (χ2n) is 15.1. The Bertz CT molecular complexity index is 2170. The van der Waals surface area contributed by atoms with Crippen LogP contribution in [0.25, 0.3) is 52.6 Å². The number of hydrogen-bond acceptors (Lipinski definition) is 5. The number of ketones is 1. The number of aromatic nitrogens is 1. The van der Waals surface area contributed by atoms with Crippen LogP contribution in [0.1, 0.15) is 99.1 Å². The standard InChI is InChI=1S/C30H24NS2.C15H28O2.Ir/c1-18-17-32-26-11-7-10-22(28(18)26)27-16-23-25(33-27)12-13-31-29(23)20-14-19-8-5-6-9-21(19)24(15-20)30(2,3)4;1-7-14(5,8-2)12(16)11-13(17)15(6,9-3)10-4;/h5-13,15-17H,1-4H3;11,16H,7-10H2,1-6H3;/q-1;;/b;12-11-;. The Kier molecular flexibility index (Phi) is 12.9. The molecule has 3 aromatic heterocycles. The SMILES string of the molecule is CCC(C)(CC)C(=O)/C=C(\O)C(C)(CC)CC.Cc1csc2cccc(-c3cc4c(-c5[c-]c6ccccc6c(C(C)(C)C)c5)nccc4s3)c12.[Ir]. The number of pyridine rings is 1. The second kappa shape index (κ2) is 16.3. The van der Waals surface area contributed by atoms with Crippen molar-refractivity contribution in [2.45, 2.75) is 100 Å². The number of aryl methyl sites for hydroxylation is 1. The summed E-state index contributed by atoms with van der Waals surface area (Å²) in [5.74, 6) is 0.286. The number of benzene rings is 3. The molecule has 0 saturated heterocycles. The molecule has 1 radical (unpaired) electrons. The van der Waals surface area contributed by atoms with Crippen LogP contribution in [0.15, 0.2) is 84.1 Å². The molecule has 0 fully saturated rings. The molecule has 0 aliphatic heterocycles. The third-order valence-corrected chi connectivity index (χ3v) is 13.1. The second-order valence-corrected chi connectivity index (χ2v) is 17.1. The number of nitrogens with zero attached hydrogens (tertiary/aromatic N) is 1. The van der Waals surface area contributed by atoms with E-state index in [-0.39, 0.29) is 47.9 Å². The average molecular weight is 895 g/mol. The number of hydrogen-bond donors (Lipinski definition) is 1. The van der Waals surface area contributed by atoms with Crippen LogP contribution in [-0.2, 0) is 30.3 Å². The number of aliphatic hydroxyl groups excluding tert-OH is 1. The number of carbonyl (C=O) groups is 1. The number of fused-ring (bicyclic) bond motifs is 3. The molecule has 271 valence electrons. The van der Waals surface area contributed by atoms with E-state index in [1.165, 1.54) is 53.2 Å². The maximum atomic E-state index is 12.2. The summed E-state index contributed by atoms with van der Waals surface area (Å²) in [7, 11) is 0. The van der Waals surface area contributed by atoms with Gasteiger partial charge >= 0.3 is 0 Å². The smallest absolute Gasteiger partial charge is 0.164 e. The Morgan fingerprint density at radius 1 is 0.843 bits per heavy atom. The summed E-state index contributed by atoms with van der Waals surface area (Å²) >= 11 is 3.67. The Morgan fingerprint density at radius 2 is 1.51 bits per heavy atom. The van der Waals surface area contributed by atoms with Crippen molar-refractivity contribution < 1.29 is 30.0 Å². The predicted molar refractivity (Wildman–Crippen MR) is 219 cm³/mol. The summed E-state index contributed by atoms with van der Waals surface area (Å²) in [5.41, 5.74) is 5.51. The van der Waals surface area contributed by atoms with Gasteiger partial charge < -0.3 is 5.11 Å². The Morgan fingerprint density at radius 3 is 2.16 bits per heavy atom. The minimum absolute atomic E-state index is 0. The molecule has 0 amide bonds. The van der Waals surface area contributed by atoms with Gasteiger partial charge in [0.1, 0.15) is 5.76 Å². The molecule has 0 unspecified atom stereocenters. The van der Waals surface area contributed by atoms with Gasteiger partial charge in [-0.1, -0.05) is 104 Å². The molecule has 0 saturated carbocycles. The van der Waals surface area contributed by atoms with Crippen LogP contribution in [0.3, 0.4) is 0 Å². The van der Waals surface area contributed by atoms with Gasteiger partial charge in [0.05, 0.1) is 0 Å². The third kappa shape index (κ3) is 8.25. The molecule has 0 aliphatic carbocycles. The molecular weight excluding hydrogens is 843 g/mol. The maximum absolute atomic E-state index is 12.2. The van der Waals surface area contributed by atoms with Crippen LogP contribution < -0.4 is 0 Å². The first-order valence-corrected chi connectivity index (χ1v) is 19.7. The molecule has 3 nitrogen and oxygen atoms in total. The van der Waals surface area contributed by atoms with E-state index in [1.807, 2.05) is 70.4 Å². The molecule has 3 heterocycles. The molecule has 0 aliphatic rings. The molecular formula is C45H52IrNO2S2-. The van der Waals surface area contributed by atoms with Crippen LogP contribution in [0.2, 0.25) is 0 Å². The monoisotopic (exact) mass is 895 g/mol. The summed E-state index contributed by atoms with van der Waals surface area (Å²) < 4.78 is 2.61. The Balaban J connectivity index is 0.000000279. The number of aliphatic hydroxyl groups is 1. The minimum atomic E-state index is -0.337. The summed E-state index contributed by atoms with van der Waals surface area (Å²) in [6, 6.07) is 25.6. The van der Waals surface area contributed by atoms with Crippen molar-refractivity contribution in [1.82, 2.24) is 4.98 Å². The number of allylic oxidation sites excluding steroid dienone is 2. The van der Waals surface area contributed by atoms with Crippen LogP contribution in [-0.4, -0.2) is 15.9 Å². The zero-order valence-corrected chi connectivity index (χ0v) is 35.8. The fraction of sp³-hybridized carbons (Fsp3) is 0.378. The van der Waals surface area contributed by atoms with Gasteiger partial charge in [-0.2, -0.15) is 0 Å². The van der Waals surface area contributed by atoms with Crippen molar-refractivity contribution in [2.75, 3.05) is 0 Å². The normalized spacial score (nSPS) is 12.5. The van der Waals surface area contributed by atoms with Gasteiger partial charge in [0.15, 0.2) is 5.78 Å². The maximum Gasteiger partial charge on any atom is 0.164 e. The molecule has 6 heteroatoms. The molecule has 0 bridgehead atoms. The van der Waals surface area contributed by atoms with Gasteiger partial charge in [0.2, 0.25) is 0 Å². The average Bonchev–Trinajstić information content (AvgIpc) is 3.73. The van der Waals surface area contributed by atoms with Crippen molar-refractivity contribution in [3.63, 3.8) is 0 Å². The fourth-order valence-corrected chi connectivity index (χ4v) is 8.48. The van der Waals surface area contributed by atoms with E-state index in [4.69, 9.17) is 4.98 Å². The van der Waals surface area contributed by atoms with Crippen molar-refractivity contribution in [3.05, 3.63) is 101 Å². The quantitative estimate of drug-likeness (QED) is 0.0894. The van der Waals surface area contributed by atoms with Gasteiger partial charge in [0.25, 0.3) is 0 Å². The van der Waals surface area contributed by atoms with Crippen molar-refractivity contribution in [2.24, 2.45) is 10.8 Å². The number of carbonyl (C=O) groups excluding carboxylic acids is 1. The third-order valence-electron chi connectivity index (χ3n) is 10.9. The zero-order valence-electron chi connectivity index (χ0n) is 31.8. The van der Waals surface area contributed by atoms with E-state index in [2.05, 4.69) is 99.8 Å². The number of rotatable bonds is 9. The molecule has 51 heavy (non-hydrogen) atoms. The van der Waals surface area contributed by atoms with E-state index in [9.17, 15) is 9.90 Å². The van der Waals surface area contributed by atoms with Crippen LogP contribution in [0.5, 0.6) is 0 Å². The topological polar surface area (TPSA) is 50.2 Å². The van der Waals surface area contributed by atoms with Gasteiger partial charge in [-0.25, -0.2) is 0 Å². The summed E-state index contributed by atoms with van der Waals surface area (Å²) in [6.45, 7) is 21.1. The van der Waals surface area contributed by atoms with E-state index in [0.717, 1.165) is 42.3 Å². The van der Waals surface area contributed by atoms with Crippen LogP contribution >= 0.6 is 22.7 Å². The van der Waals surface area contributed by atoms with Crippen molar-refractivity contribution >= 4 is 59.4 Å². The van der Waals surface area contributed by atoms with Gasteiger partial charge in [-0.05, 0) is 72.6 Å². The molecule has 1 N–H and O–H groups in total. The fourth-order valence-electron chi connectivity index (χ4n) is 6.42. The molecule has 6 rings (SSSR count). The van der Waals surface area contributed by atoms with E-state index in [1.54, 1.807) is 0 Å². The summed E-state index contributed by atoms with van der Waals surface area (Å²) in [6.07, 6.45) is 6.69. The molecule has 0 spiro atoms. The molecule has 3 aromatic carbocycles.